The number of anilines is 1. The highest BCUT2D eigenvalue weighted by atomic mass is 19.4. The van der Waals surface area contributed by atoms with Crippen molar-refractivity contribution in [3.63, 3.8) is 0 Å². The lowest BCUT2D eigenvalue weighted by Gasteiger charge is -2.24. The summed E-state index contributed by atoms with van der Waals surface area (Å²) in [7, 11) is 1.56. The Morgan fingerprint density at radius 1 is 1.18 bits per heavy atom. The number of hydrogen-bond donors (Lipinski definition) is 3. The molecule has 214 valence electrons. The van der Waals surface area contributed by atoms with Crippen LogP contribution in [-0.2, 0) is 28.5 Å². The van der Waals surface area contributed by atoms with Gasteiger partial charge in [0.05, 0.1) is 12.2 Å². The lowest BCUT2D eigenvalue weighted by molar-refractivity contribution is -0.140. The first-order valence-electron chi connectivity index (χ1n) is 12.9. The second kappa shape index (κ2) is 14.2. The zero-order valence-corrected chi connectivity index (χ0v) is 21.8. The van der Waals surface area contributed by atoms with E-state index in [9.17, 15) is 32.3 Å². The summed E-state index contributed by atoms with van der Waals surface area (Å²) in [5, 5.41) is 15.1. The fourth-order valence-electron chi connectivity index (χ4n) is 4.40. The number of rotatable bonds is 14. The molecule has 8 nitrogen and oxygen atoms in total. The molecule has 1 aliphatic heterocycles. The molecular formula is C27H34F4N4O4. The Bertz CT molecular complexity index is 1130. The third-order valence-corrected chi connectivity index (χ3v) is 6.55. The van der Waals surface area contributed by atoms with E-state index < -0.39 is 41.0 Å². The number of aryl methyl sites for hydroxylation is 2. The molecule has 0 fully saturated rings. The first kappa shape index (κ1) is 30.3. The largest absolute Gasteiger partial charge is 0.480 e. The van der Waals surface area contributed by atoms with Crippen molar-refractivity contribution in [2.24, 2.45) is 0 Å². The summed E-state index contributed by atoms with van der Waals surface area (Å²) >= 11 is 0. The molecule has 0 saturated heterocycles. The van der Waals surface area contributed by atoms with Crippen molar-refractivity contribution in [2.45, 2.75) is 50.7 Å². The van der Waals surface area contributed by atoms with Gasteiger partial charge in [-0.15, -0.1) is 0 Å². The number of methoxy groups -OCH3 is 1. The molecule has 0 spiro atoms. The highest BCUT2D eigenvalue weighted by Gasteiger charge is 2.32. The predicted octanol–water partition coefficient (Wildman–Crippen LogP) is 4.14. The molecule has 3 rings (SSSR count). The van der Waals surface area contributed by atoms with E-state index in [1.54, 1.807) is 7.11 Å². The van der Waals surface area contributed by atoms with Crippen LogP contribution in [0.5, 0.6) is 0 Å². The van der Waals surface area contributed by atoms with Gasteiger partial charge in [0.25, 0.3) is 5.91 Å². The smallest absolute Gasteiger partial charge is 0.416 e. The topological polar surface area (TPSA) is 104 Å². The molecule has 1 amide bonds. The Morgan fingerprint density at radius 2 is 1.97 bits per heavy atom. The van der Waals surface area contributed by atoms with Gasteiger partial charge in [0.15, 0.2) is 0 Å². The number of fused-ring (bicyclic) bond motifs is 1. The first-order valence-corrected chi connectivity index (χ1v) is 12.9. The van der Waals surface area contributed by atoms with Crippen LogP contribution in [0.15, 0.2) is 30.3 Å². The Hall–Kier alpha value is -3.25. The van der Waals surface area contributed by atoms with Gasteiger partial charge in [-0.2, -0.15) is 13.2 Å². The number of benzene rings is 1. The van der Waals surface area contributed by atoms with Crippen molar-refractivity contribution < 1.29 is 37.0 Å². The third kappa shape index (κ3) is 9.47. The van der Waals surface area contributed by atoms with Crippen molar-refractivity contribution in [1.82, 2.24) is 15.2 Å². The number of hydrogen-bond acceptors (Lipinski definition) is 6. The molecule has 2 aromatic rings. The van der Waals surface area contributed by atoms with Crippen molar-refractivity contribution in [2.75, 3.05) is 45.2 Å². The standard InChI is InChI=1S/C27H34F4N4O4/c1-39-14-13-35(11-3-2-6-22-8-7-18-5-4-10-32-24(18)33-22)12-9-23(26(37)38)34-25(36)19-15-20(27(29,30)31)17-21(28)16-19/h7-8,15-17,23H,2-6,9-14H2,1H3,(H,32,33)(H,34,36)(H,37,38). The number of carboxylic acids is 1. The highest BCUT2D eigenvalue weighted by Crippen LogP contribution is 2.30. The van der Waals surface area contributed by atoms with Gasteiger partial charge in [0, 0.05) is 38.0 Å². The molecule has 39 heavy (non-hydrogen) atoms. The molecule has 2 heterocycles. The average Bonchev–Trinajstić information content (AvgIpc) is 2.90. The number of carbonyl (C=O) groups excluding carboxylic acids is 1. The van der Waals surface area contributed by atoms with E-state index in [1.165, 1.54) is 5.56 Å². The minimum atomic E-state index is -4.85. The van der Waals surface area contributed by atoms with Crippen molar-refractivity contribution in [3.05, 3.63) is 58.5 Å². The summed E-state index contributed by atoms with van der Waals surface area (Å²) in [5.41, 5.74) is 0.309. The number of carbonyl (C=O) groups is 2. The predicted molar refractivity (Wildman–Crippen MR) is 137 cm³/mol. The lowest BCUT2D eigenvalue weighted by Crippen LogP contribution is -2.43. The molecule has 1 unspecified atom stereocenters. The highest BCUT2D eigenvalue weighted by molar-refractivity contribution is 5.96. The van der Waals surface area contributed by atoms with E-state index >= 15 is 0 Å². The van der Waals surface area contributed by atoms with Crippen molar-refractivity contribution in [1.29, 1.82) is 0 Å². The van der Waals surface area contributed by atoms with Gasteiger partial charge < -0.3 is 25.4 Å². The molecule has 1 atom stereocenters. The van der Waals surface area contributed by atoms with Crippen LogP contribution in [0.2, 0.25) is 0 Å². The zero-order valence-electron chi connectivity index (χ0n) is 21.8. The van der Waals surface area contributed by atoms with Crippen LogP contribution in [0.3, 0.4) is 0 Å². The van der Waals surface area contributed by atoms with Crippen LogP contribution in [0.1, 0.15) is 52.9 Å². The van der Waals surface area contributed by atoms with Crippen LogP contribution in [-0.4, -0.2) is 72.8 Å². The minimum Gasteiger partial charge on any atom is -0.480 e. The van der Waals surface area contributed by atoms with Crippen LogP contribution in [0.25, 0.3) is 0 Å². The number of nitrogens with zero attached hydrogens (tertiary/aromatic N) is 2. The Kier molecular flexibility index (Phi) is 11.0. The number of pyridine rings is 1. The molecule has 3 N–H and O–H groups in total. The van der Waals surface area contributed by atoms with Gasteiger partial charge in [-0.05, 0) is 74.9 Å². The fraction of sp³-hybridized carbons (Fsp3) is 0.519. The molecule has 12 heteroatoms. The monoisotopic (exact) mass is 554 g/mol. The first-order chi connectivity index (χ1) is 18.6. The van der Waals surface area contributed by atoms with Crippen molar-refractivity contribution in [3.8, 4) is 0 Å². The number of amides is 1. The Morgan fingerprint density at radius 3 is 2.69 bits per heavy atom. The molecule has 0 aliphatic carbocycles. The van der Waals surface area contributed by atoms with Gasteiger partial charge in [-0.25, -0.2) is 14.2 Å². The SMILES string of the molecule is COCCN(CCCCc1ccc2c(n1)NCCC2)CCC(NC(=O)c1cc(F)cc(C(F)(F)F)c1)C(=O)O. The maximum Gasteiger partial charge on any atom is 0.416 e. The molecule has 0 bridgehead atoms. The molecule has 0 radical (unpaired) electrons. The fourth-order valence-corrected chi connectivity index (χ4v) is 4.40. The van der Waals surface area contributed by atoms with Gasteiger partial charge in [-0.3, -0.25) is 4.79 Å². The number of unbranched alkanes of at least 4 members (excludes halogenated alkanes) is 1. The summed E-state index contributed by atoms with van der Waals surface area (Å²) in [6, 6.07) is 4.20. The zero-order chi connectivity index (χ0) is 28.4. The quantitative estimate of drug-likeness (QED) is 0.238. The summed E-state index contributed by atoms with van der Waals surface area (Å²) in [4.78, 5) is 31.0. The van der Waals surface area contributed by atoms with E-state index in [1.807, 2.05) is 11.0 Å². The minimum absolute atomic E-state index is 0.00424. The van der Waals surface area contributed by atoms with Crippen LogP contribution in [0.4, 0.5) is 23.4 Å². The number of alkyl halides is 3. The number of ether oxygens (including phenoxy) is 1. The van der Waals surface area contributed by atoms with Gasteiger partial charge >= 0.3 is 12.1 Å². The maximum absolute atomic E-state index is 13.7. The molecule has 1 aromatic carbocycles. The lowest BCUT2D eigenvalue weighted by atomic mass is 10.1. The van der Waals surface area contributed by atoms with Crippen LogP contribution >= 0.6 is 0 Å². The van der Waals surface area contributed by atoms with Gasteiger partial charge in [-0.1, -0.05) is 6.07 Å². The summed E-state index contributed by atoms with van der Waals surface area (Å²) in [5.74, 6) is -2.72. The summed E-state index contributed by atoms with van der Waals surface area (Å²) < 4.78 is 57.8. The van der Waals surface area contributed by atoms with Crippen LogP contribution < -0.4 is 10.6 Å². The maximum atomic E-state index is 13.7. The Balaban J connectivity index is 1.53. The van der Waals surface area contributed by atoms with Crippen LogP contribution in [0, 0.1) is 5.82 Å². The van der Waals surface area contributed by atoms with E-state index in [4.69, 9.17) is 9.72 Å². The molecular weight excluding hydrogens is 520 g/mol. The van der Waals surface area contributed by atoms with Gasteiger partial charge in [0.1, 0.15) is 17.7 Å². The van der Waals surface area contributed by atoms with E-state index in [2.05, 4.69) is 16.7 Å². The third-order valence-electron chi connectivity index (χ3n) is 6.55. The van der Waals surface area contributed by atoms with Gasteiger partial charge in [0.2, 0.25) is 0 Å². The van der Waals surface area contributed by atoms with Crippen molar-refractivity contribution >= 4 is 17.7 Å². The normalized spacial score (nSPS) is 14.0. The molecule has 0 saturated carbocycles. The number of aliphatic carboxylic acids is 1. The van der Waals surface area contributed by atoms with E-state index in [0.717, 1.165) is 50.2 Å². The number of aromatic nitrogens is 1. The Labute approximate surface area is 224 Å². The van der Waals surface area contributed by atoms with E-state index in [0.29, 0.717) is 38.4 Å². The molecule has 1 aromatic heterocycles. The molecule has 1 aliphatic rings. The van der Waals surface area contributed by atoms with E-state index in [-0.39, 0.29) is 12.5 Å². The second-order valence-corrected chi connectivity index (χ2v) is 9.51. The number of carboxylic acid groups (broad SMARTS) is 1. The average molecular weight is 555 g/mol. The number of halogens is 4. The summed E-state index contributed by atoms with van der Waals surface area (Å²) in [6.07, 6.45) is -0.226. The number of nitrogens with one attached hydrogen (secondary N) is 2. The summed E-state index contributed by atoms with van der Waals surface area (Å²) in [6.45, 7) is 2.85. The second-order valence-electron chi connectivity index (χ2n) is 9.51.